The highest BCUT2D eigenvalue weighted by atomic mass is 16.2. The molecule has 2 aliphatic rings. The predicted molar refractivity (Wildman–Crippen MR) is 77.1 cm³/mol. The molecule has 2 N–H and O–H groups in total. The minimum Gasteiger partial charge on any atom is -0.347 e. The first-order valence-electron chi connectivity index (χ1n) is 7.66. The van der Waals surface area contributed by atoms with Crippen LogP contribution in [0.4, 0.5) is 0 Å². The largest absolute Gasteiger partial charge is 0.347 e. The first-order chi connectivity index (χ1) is 9.65. The van der Waals surface area contributed by atoms with E-state index in [2.05, 4.69) is 22.2 Å². The lowest BCUT2D eigenvalue weighted by Crippen LogP contribution is -2.51. The molecule has 5 nitrogen and oxygen atoms in total. The predicted octanol–water partition coefficient (Wildman–Crippen LogP) is 1.46. The lowest BCUT2D eigenvalue weighted by atomic mass is 9.86. The number of rotatable bonds is 2. The molecule has 1 amide bonds. The normalized spacial score (nSPS) is 29.8. The Balaban J connectivity index is 1.64. The molecule has 1 aromatic rings. The smallest absolute Gasteiger partial charge is 0.240 e. The number of carbonyl (C=O) groups excluding carboxylic acids is 1. The number of H-pyrrole nitrogens is 1. The molecule has 2 heterocycles. The molecular weight excluding hydrogens is 252 g/mol. The van der Waals surface area contributed by atoms with Crippen molar-refractivity contribution >= 4 is 5.91 Å². The van der Waals surface area contributed by atoms with Gasteiger partial charge in [-0.05, 0) is 18.8 Å². The van der Waals surface area contributed by atoms with Crippen LogP contribution in [0, 0.1) is 5.92 Å². The molecule has 110 valence electrons. The first kappa shape index (κ1) is 13.6. The van der Waals surface area contributed by atoms with Crippen molar-refractivity contribution in [3.05, 3.63) is 17.7 Å². The number of hydrogen-bond acceptors (Lipinski definition) is 3. The van der Waals surface area contributed by atoms with Gasteiger partial charge in [-0.15, -0.1) is 0 Å². The number of fused-ring (bicyclic) bond motifs is 1. The maximum atomic E-state index is 12.7. The average molecular weight is 276 g/mol. The van der Waals surface area contributed by atoms with Crippen LogP contribution in [0.3, 0.4) is 0 Å². The third kappa shape index (κ3) is 2.59. The minimum absolute atomic E-state index is 0.118. The fourth-order valence-corrected chi connectivity index (χ4v) is 3.52. The van der Waals surface area contributed by atoms with Crippen LogP contribution >= 0.6 is 0 Å². The highest BCUT2D eigenvalue weighted by Gasteiger charge is 2.32. The molecule has 1 aromatic heterocycles. The summed E-state index contributed by atoms with van der Waals surface area (Å²) in [7, 11) is 1.97. The second-order valence-corrected chi connectivity index (χ2v) is 6.34. The first-order valence-corrected chi connectivity index (χ1v) is 7.66. The summed E-state index contributed by atoms with van der Waals surface area (Å²) in [5.74, 6) is 0.957. The molecule has 1 fully saturated rings. The highest BCUT2D eigenvalue weighted by molar-refractivity contribution is 5.82. The van der Waals surface area contributed by atoms with Gasteiger partial charge in [0.15, 0.2) is 0 Å². The van der Waals surface area contributed by atoms with Gasteiger partial charge < -0.3 is 9.88 Å². The third-order valence-electron chi connectivity index (χ3n) is 4.83. The van der Waals surface area contributed by atoms with Gasteiger partial charge in [0.05, 0.1) is 23.8 Å². The SMILES string of the molecule is CC1CCCC(N(C)C(=O)C2Cc3nc[nH]c3CN2)C1. The maximum absolute atomic E-state index is 12.7. The molecule has 0 aromatic carbocycles. The topological polar surface area (TPSA) is 61.0 Å². The van der Waals surface area contributed by atoms with E-state index in [1.165, 1.54) is 12.8 Å². The van der Waals surface area contributed by atoms with Crippen molar-refractivity contribution in [1.82, 2.24) is 20.2 Å². The van der Waals surface area contributed by atoms with E-state index < -0.39 is 0 Å². The molecule has 20 heavy (non-hydrogen) atoms. The number of imidazole rings is 1. The van der Waals surface area contributed by atoms with Gasteiger partial charge in [-0.1, -0.05) is 19.8 Å². The van der Waals surface area contributed by atoms with E-state index in [9.17, 15) is 4.79 Å². The van der Waals surface area contributed by atoms with E-state index in [0.29, 0.717) is 19.0 Å². The average Bonchev–Trinajstić information content (AvgIpc) is 2.93. The van der Waals surface area contributed by atoms with Crippen LogP contribution in [-0.4, -0.2) is 39.9 Å². The Morgan fingerprint density at radius 3 is 3.10 bits per heavy atom. The molecule has 5 heteroatoms. The second-order valence-electron chi connectivity index (χ2n) is 6.34. The van der Waals surface area contributed by atoms with Crippen LogP contribution in [0.2, 0.25) is 0 Å². The van der Waals surface area contributed by atoms with Gasteiger partial charge in [0, 0.05) is 26.1 Å². The van der Waals surface area contributed by atoms with Crippen LogP contribution in [0.5, 0.6) is 0 Å². The summed E-state index contributed by atoms with van der Waals surface area (Å²) in [4.78, 5) is 22.1. The van der Waals surface area contributed by atoms with Gasteiger partial charge in [-0.25, -0.2) is 4.98 Å². The zero-order chi connectivity index (χ0) is 14.1. The minimum atomic E-state index is -0.118. The standard InChI is InChI=1S/C15H24N4O/c1-10-4-3-5-11(6-10)19(2)15(20)13-7-12-14(8-16-13)18-9-17-12/h9-11,13,16H,3-8H2,1-2H3,(H,17,18). The van der Waals surface area contributed by atoms with E-state index in [1.807, 2.05) is 11.9 Å². The molecule has 0 saturated heterocycles. The Morgan fingerprint density at radius 1 is 1.45 bits per heavy atom. The number of nitrogens with zero attached hydrogens (tertiary/aromatic N) is 2. The van der Waals surface area contributed by atoms with Crippen LogP contribution < -0.4 is 5.32 Å². The Morgan fingerprint density at radius 2 is 2.30 bits per heavy atom. The number of carbonyl (C=O) groups is 1. The van der Waals surface area contributed by atoms with Gasteiger partial charge in [0.1, 0.15) is 0 Å². The quantitative estimate of drug-likeness (QED) is 0.859. The molecule has 1 saturated carbocycles. The molecule has 1 aliphatic heterocycles. The van der Waals surface area contributed by atoms with Gasteiger partial charge in [0.25, 0.3) is 0 Å². The van der Waals surface area contributed by atoms with Gasteiger partial charge in [-0.3, -0.25) is 10.1 Å². The molecule has 1 aliphatic carbocycles. The highest BCUT2D eigenvalue weighted by Crippen LogP contribution is 2.27. The van der Waals surface area contributed by atoms with Crippen LogP contribution in [0.25, 0.3) is 0 Å². The maximum Gasteiger partial charge on any atom is 0.240 e. The summed E-state index contributed by atoms with van der Waals surface area (Å²) in [6, 6.07) is 0.293. The second kappa shape index (κ2) is 5.56. The lowest BCUT2D eigenvalue weighted by molar-refractivity contribution is -0.135. The van der Waals surface area contributed by atoms with E-state index in [1.54, 1.807) is 6.33 Å². The Bertz CT molecular complexity index is 484. The van der Waals surface area contributed by atoms with Crippen molar-refractivity contribution in [2.45, 2.75) is 57.7 Å². The number of hydrogen-bond donors (Lipinski definition) is 2. The van der Waals surface area contributed by atoms with Crippen molar-refractivity contribution in [1.29, 1.82) is 0 Å². The number of nitrogens with one attached hydrogen (secondary N) is 2. The Labute approximate surface area is 120 Å². The number of amides is 1. The zero-order valence-electron chi connectivity index (χ0n) is 12.4. The van der Waals surface area contributed by atoms with Crippen LogP contribution in [0.15, 0.2) is 6.33 Å². The van der Waals surface area contributed by atoms with Gasteiger partial charge in [-0.2, -0.15) is 0 Å². The van der Waals surface area contributed by atoms with Crippen LogP contribution in [0.1, 0.15) is 44.0 Å². The summed E-state index contributed by atoms with van der Waals surface area (Å²) in [6.07, 6.45) is 7.24. The summed E-state index contributed by atoms with van der Waals surface area (Å²) >= 11 is 0. The molecule has 0 spiro atoms. The molecule has 0 bridgehead atoms. The fraction of sp³-hybridized carbons (Fsp3) is 0.733. The summed E-state index contributed by atoms with van der Waals surface area (Å²) < 4.78 is 0. The van der Waals surface area contributed by atoms with E-state index >= 15 is 0 Å². The Kier molecular flexibility index (Phi) is 3.78. The number of aromatic nitrogens is 2. The van der Waals surface area contributed by atoms with Gasteiger partial charge in [0.2, 0.25) is 5.91 Å². The summed E-state index contributed by atoms with van der Waals surface area (Å²) in [5, 5.41) is 3.33. The number of aromatic amines is 1. The molecular formula is C15H24N4O. The molecule has 3 rings (SSSR count). The van der Waals surface area contributed by atoms with E-state index in [-0.39, 0.29) is 11.9 Å². The van der Waals surface area contributed by atoms with Crippen molar-refractivity contribution in [2.75, 3.05) is 7.05 Å². The fourth-order valence-electron chi connectivity index (χ4n) is 3.52. The van der Waals surface area contributed by atoms with Crippen molar-refractivity contribution < 1.29 is 4.79 Å². The van der Waals surface area contributed by atoms with Crippen LogP contribution in [-0.2, 0) is 17.8 Å². The monoisotopic (exact) mass is 276 g/mol. The van der Waals surface area contributed by atoms with Crippen molar-refractivity contribution in [2.24, 2.45) is 5.92 Å². The van der Waals surface area contributed by atoms with E-state index in [4.69, 9.17) is 0 Å². The molecule has 0 radical (unpaired) electrons. The summed E-state index contributed by atoms with van der Waals surface area (Å²) in [6.45, 7) is 3.00. The third-order valence-corrected chi connectivity index (χ3v) is 4.83. The van der Waals surface area contributed by atoms with Crippen molar-refractivity contribution in [3.8, 4) is 0 Å². The Hall–Kier alpha value is -1.36. The number of likely N-dealkylation sites (N-methyl/N-ethyl adjacent to an activating group) is 1. The molecule has 3 atom stereocenters. The molecule has 3 unspecified atom stereocenters. The zero-order valence-corrected chi connectivity index (χ0v) is 12.4. The summed E-state index contributed by atoms with van der Waals surface area (Å²) in [5.41, 5.74) is 2.15. The lowest BCUT2D eigenvalue weighted by Gasteiger charge is -2.36. The van der Waals surface area contributed by atoms with E-state index in [0.717, 1.165) is 30.1 Å². The van der Waals surface area contributed by atoms with Crippen molar-refractivity contribution in [3.63, 3.8) is 0 Å². The van der Waals surface area contributed by atoms with Gasteiger partial charge >= 0.3 is 0 Å².